The fourth-order valence-corrected chi connectivity index (χ4v) is 1.10. The van der Waals surface area contributed by atoms with Crippen LogP contribution in [0.2, 0.25) is 0 Å². The van der Waals surface area contributed by atoms with Crippen LogP contribution in [-0.2, 0) is 0 Å². The lowest BCUT2D eigenvalue weighted by Crippen LogP contribution is -2.06. The number of allylic oxidation sites excluding steroid dienone is 2. The molecule has 2 nitrogen and oxygen atoms in total. The van der Waals surface area contributed by atoms with E-state index in [9.17, 15) is 5.11 Å². The van der Waals surface area contributed by atoms with Crippen LogP contribution in [0.25, 0.3) is 0 Å². The number of nitriles is 1. The molecule has 0 amide bonds. The van der Waals surface area contributed by atoms with Crippen LogP contribution in [-0.4, -0.2) is 11.2 Å². The average molecular weight is 193 g/mol. The van der Waals surface area contributed by atoms with Crippen LogP contribution in [0.3, 0.4) is 0 Å². The van der Waals surface area contributed by atoms with E-state index in [4.69, 9.17) is 5.26 Å². The maximum absolute atomic E-state index is 9.47. The maximum Gasteiger partial charge on any atom is 0.0747 e. The van der Waals surface area contributed by atoms with Crippen LogP contribution in [0.4, 0.5) is 0 Å². The topological polar surface area (TPSA) is 44.0 Å². The van der Waals surface area contributed by atoms with Gasteiger partial charge in [-0.1, -0.05) is 23.8 Å². The minimum absolute atomic E-state index is 0.394. The summed E-state index contributed by atoms with van der Waals surface area (Å²) in [6.45, 7) is 7.56. The normalized spacial score (nSPS) is 13.4. The van der Waals surface area contributed by atoms with Crippen LogP contribution < -0.4 is 0 Å². The van der Waals surface area contributed by atoms with Crippen molar-refractivity contribution >= 4 is 0 Å². The predicted molar refractivity (Wildman–Crippen MR) is 58.7 cm³/mol. The molecule has 0 spiro atoms. The molecule has 14 heavy (non-hydrogen) atoms. The monoisotopic (exact) mass is 193 g/mol. The second-order valence-electron chi connectivity index (χ2n) is 3.65. The first kappa shape index (κ1) is 12.9. The molecule has 0 aromatic rings. The summed E-state index contributed by atoms with van der Waals surface area (Å²) in [5, 5.41) is 17.8. The van der Waals surface area contributed by atoms with Gasteiger partial charge in [0.2, 0.25) is 0 Å². The molecule has 0 aliphatic heterocycles. The zero-order chi connectivity index (χ0) is 11.0. The minimum Gasteiger partial charge on any atom is -0.389 e. The van der Waals surface area contributed by atoms with Crippen molar-refractivity contribution in [3.05, 3.63) is 23.8 Å². The highest BCUT2D eigenvalue weighted by Gasteiger charge is 2.03. The van der Waals surface area contributed by atoms with Crippen LogP contribution in [0.1, 0.15) is 39.5 Å². The average Bonchev–Trinajstić information content (AvgIpc) is 2.14. The van der Waals surface area contributed by atoms with Gasteiger partial charge < -0.3 is 5.11 Å². The SMILES string of the molecule is C=C(C)C(O)CC/C(C)=C/CCC#N. The van der Waals surface area contributed by atoms with Crippen molar-refractivity contribution in [1.29, 1.82) is 5.26 Å². The van der Waals surface area contributed by atoms with E-state index in [1.807, 2.05) is 13.8 Å². The first-order valence-corrected chi connectivity index (χ1v) is 4.94. The van der Waals surface area contributed by atoms with Gasteiger partial charge in [0.15, 0.2) is 0 Å². The van der Waals surface area contributed by atoms with Crippen molar-refractivity contribution in [2.75, 3.05) is 0 Å². The summed E-state index contributed by atoms with van der Waals surface area (Å²) in [5.74, 6) is 0. The van der Waals surface area contributed by atoms with Gasteiger partial charge in [0.25, 0.3) is 0 Å². The van der Waals surface area contributed by atoms with E-state index in [1.54, 1.807) is 0 Å². The van der Waals surface area contributed by atoms with Crippen LogP contribution in [0.5, 0.6) is 0 Å². The Balaban J connectivity index is 3.73. The number of aliphatic hydroxyl groups excluding tert-OH is 1. The summed E-state index contributed by atoms with van der Waals surface area (Å²) < 4.78 is 0. The molecule has 0 rings (SSSR count). The predicted octanol–water partition coefficient (Wildman–Crippen LogP) is 2.95. The van der Waals surface area contributed by atoms with Gasteiger partial charge in [-0.15, -0.1) is 0 Å². The Kier molecular flexibility index (Phi) is 6.78. The molecular formula is C12H19NO. The molecular weight excluding hydrogens is 174 g/mol. The Morgan fingerprint density at radius 2 is 2.21 bits per heavy atom. The van der Waals surface area contributed by atoms with Crippen molar-refractivity contribution < 1.29 is 5.11 Å². The highest BCUT2D eigenvalue weighted by atomic mass is 16.3. The quantitative estimate of drug-likeness (QED) is 0.520. The number of aliphatic hydroxyl groups is 1. The Labute approximate surface area is 86.6 Å². The van der Waals surface area contributed by atoms with Crippen molar-refractivity contribution in [3.63, 3.8) is 0 Å². The van der Waals surface area contributed by atoms with E-state index in [0.29, 0.717) is 6.42 Å². The largest absolute Gasteiger partial charge is 0.389 e. The van der Waals surface area contributed by atoms with E-state index in [1.165, 1.54) is 5.57 Å². The standard InChI is InChI=1S/C12H19NO/c1-10(2)12(14)8-7-11(3)6-4-5-9-13/h6,12,14H,1,4-5,7-8H2,2-3H3/b11-6+. The van der Waals surface area contributed by atoms with Crippen LogP contribution in [0, 0.1) is 11.3 Å². The molecule has 0 aromatic carbocycles. The van der Waals surface area contributed by atoms with Crippen molar-refractivity contribution in [2.24, 2.45) is 0 Å². The third-order valence-corrected chi connectivity index (χ3v) is 2.13. The van der Waals surface area contributed by atoms with Gasteiger partial charge in [0, 0.05) is 6.42 Å². The number of hydrogen-bond donors (Lipinski definition) is 1. The molecule has 0 saturated carbocycles. The zero-order valence-corrected chi connectivity index (χ0v) is 9.08. The van der Waals surface area contributed by atoms with Gasteiger partial charge in [-0.2, -0.15) is 5.26 Å². The zero-order valence-electron chi connectivity index (χ0n) is 9.08. The summed E-state index contributed by atoms with van der Waals surface area (Å²) in [5.41, 5.74) is 2.05. The molecule has 0 fully saturated rings. The third-order valence-electron chi connectivity index (χ3n) is 2.13. The second kappa shape index (κ2) is 7.34. The van der Waals surface area contributed by atoms with E-state index in [-0.39, 0.29) is 0 Å². The smallest absolute Gasteiger partial charge is 0.0747 e. The summed E-state index contributed by atoms with van der Waals surface area (Å²) in [4.78, 5) is 0. The molecule has 0 bridgehead atoms. The van der Waals surface area contributed by atoms with E-state index < -0.39 is 6.10 Å². The number of nitrogens with zero attached hydrogens (tertiary/aromatic N) is 1. The molecule has 1 unspecified atom stereocenters. The molecule has 1 N–H and O–H groups in total. The third kappa shape index (κ3) is 6.45. The van der Waals surface area contributed by atoms with Gasteiger partial charge in [-0.05, 0) is 33.1 Å². The highest BCUT2D eigenvalue weighted by Crippen LogP contribution is 2.12. The van der Waals surface area contributed by atoms with Crippen LogP contribution in [0.15, 0.2) is 23.8 Å². The van der Waals surface area contributed by atoms with Gasteiger partial charge in [0.05, 0.1) is 12.2 Å². The Bertz CT molecular complexity index is 248. The fourth-order valence-electron chi connectivity index (χ4n) is 1.10. The summed E-state index contributed by atoms with van der Waals surface area (Å²) in [7, 11) is 0. The fraction of sp³-hybridized carbons (Fsp3) is 0.583. The molecule has 2 heteroatoms. The molecule has 0 heterocycles. The van der Waals surface area contributed by atoms with Gasteiger partial charge in [0.1, 0.15) is 0 Å². The second-order valence-corrected chi connectivity index (χ2v) is 3.65. The van der Waals surface area contributed by atoms with Gasteiger partial charge in [-0.25, -0.2) is 0 Å². The molecule has 0 radical (unpaired) electrons. The van der Waals surface area contributed by atoms with Gasteiger partial charge in [-0.3, -0.25) is 0 Å². The molecule has 78 valence electrons. The Morgan fingerprint density at radius 1 is 1.57 bits per heavy atom. The molecule has 0 aromatic heterocycles. The van der Waals surface area contributed by atoms with Gasteiger partial charge >= 0.3 is 0 Å². The van der Waals surface area contributed by atoms with E-state index in [2.05, 4.69) is 18.7 Å². The van der Waals surface area contributed by atoms with Crippen LogP contribution >= 0.6 is 0 Å². The van der Waals surface area contributed by atoms with E-state index >= 15 is 0 Å². The maximum atomic E-state index is 9.47. The lowest BCUT2D eigenvalue weighted by molar-refractivity contribution is 0.201. The number of rotatable bonds is 6. The summed E-state index contributed by atoms with van der Waals surface area (Å²) in [6, 6.07) is 2.10. The molecule has 0 aliphatic rings. The van der Waals surface area contributed by atoms with Crippen molar-refractivity contribution in [1.82, 2.24) is 0 Å². The number of hydrogen-bond acceptors (Lipinski definition) is 2. The molecule has 1 atom stereocenters. The van der Waals surface area contributed by atoms with Crippen molar-refractivity contribution in [3.8, 4) is 6.07 Å². The first-order valence-electron chi connectivity index (χ1n) is 4.94. The molecule has 0 saturated heterocycles. The Morgan fingerprint density at radius 3 is 2.71 bits per heavy atom. The summed E-state index contributed by atoms with van der Waals surface area (Å²) >= 11 is 0. The molecule has 0 aliphatic carbocycles. The lowest BCUT2D eigenvalue weighted by atomic mass is 10.0. The van der Waals surface area contributed by atoms with E-state index in [0.717, 1.165) is 24.8 Å². The summed E-state index contributed by atoms with van der Waals surface area (Å²) in [6.07, 6.45) is 4.65. The lowest BCUT2D eigenvalue weighted by Gasteiger charge is -2.09. The first-order chi connectivity index (χ1) is 6.57. The Hall–Kier alpha value is -1.07. The highest BCUT2D eigenvalue weighted by molar-refractivity contribution is 5.03. The van der Waals surface area contributed by atoms with Crippen molar-refractivity contribution in [2.45, 2.75) is 45.6 Å². The minimum atomic E-state index is -0.394. The number of unbranched alkanes of at least 4 members (excludes halogenated alkanes) is 1.